The number of sulfone groups is 1. The van der Waals surface area contributed by atoms with Crippen molar-refractivity contribution in [3.05, 3.63) is 30.3 Å². The Bertz CT molecular complexity index is 359. The summed E-state index contributed by atoms with van der Waals surface area (Å²) in [5.41, 5.74) is 0. The van der Waals surface area contributed by atoms with Gasteiger partial charge in [0.15, 0.2) is 9.84 Å². The Morgan fingerprint density at radius 2 is 1.69 bits per heavy atom. The summed E-state index contributed by atoms with van der Waals surface area (Å²) < 4.78 is 22.9. The van der Waals surface area contributed by atoms with Gasteiger partial charge in [0.25, 0.3) is 0 Å². The van der Waals surface area contributed by atoms with Crippen molar-refractivity contribution < 1.29 is 8.42 Å². The van der Waals surface area contributed by atoms with Gasteiger partial charge in [-0.1, -0.05) is 18.2 Å². The standard InChI is InChI=1S/C8H8Cl2O2S/c9-8(10)6-13(11,12)7-4-2-1-3-5-7/h1-5,8H,6H2. The van der Waals surface area contributed by atoms with Crippen LogP contribution in [-0.4, -0.2) is 19.0 Å². The maximum absolute atomic E-state index is 11.5. The third-order valence-corrected chi connectivity index (χ3v) is 3.88. The molecule has 1 aromatic rings. The van der Waals surface area contributed by atoms with E-state index in [-0.39, 0.29) is 10.6 Å². The second-order valence-electron chi connectivity index (χ2n) is 2.49. The summed E-state index contributed by atoms with van der Waals surface area (Å²) in [7, 11) is -3.32. The molecule has 0 bridgehead atoms. The zero-order chi connectivity index (χ0) is 9.90. The molecule has 0 fully saturated rings. The van der Waals surface area contributed by atoms with Gasteiger partial charge in [0.1, 0.15) is 4.84 Å². The molecule has 1 aromatic carbocycles. The summed E-state index contributed by atoms with van der Waals surface area (Å²) in [6.07, 6.45) is 0. The molecule has 0 aromatic heterocycles. The molecule has 0 atom stereocenters. The first-order valence-corrected chi connectivity index (χ1v) is 6.11. The predicted molar refractivity (Wildman–Crippen MR) is 54.0 cm³/mol. The van der Waals surface area contributed by atoms with Crippen LogP contribution in [0.25, 0.3) is 0 Å². The highest BCUT2D eigenvalue weighted by Crippen LogP contribution is 2.14. The van der Waals surface area contributed by atoms with Gasteiger partial charge < -0.3 is 0 Å². The largest absolute Gasteiger partial charge is 0.224 e. The van der Waals surface area contributed by atoms with Gasteiger partial charge in [0.2, 0.25) is 0 Å². The Kier molecular flexibility index (Phi) is 3.59. The van der Waals surface area contributed by atoms with Crippen LogP contribution in [0.1, 0.15) is 0 Å². The monoisotopic (exact) mass is 238 g/mol. The van der Waals surface area contributed by atoms with Crippen LogP contribution >= 0.6 is 23.2 Å². The third-order valence-electron chi connectivity index (χ3n) is 1.45. The molecule has 1 rings (SSSR count). The molecule has 0 unspecified atom stereocenters. The van der Waals surface area contributed by atoms with E-state index in [1.807, 2.05) is 0 Å². The molecule has 72 valence electrons. The van der Waals surface area contributed by atoms with E-state index in [9.17, 15) is 8.42 Å². The molecule has 0 aliphatic carbocycles. The van der Waals surface area contributed by atoms with Crippen molar-refractivity contribution in [3.63, 3.8) is 0 Å². The van der Waals surface area contributed by atoms with Crippen molar-refractivity contribution in [2.45, 2.75) is 9.73 Å². The Balaban J connectivity index is 2.96. The molecular weight excluding hydrogens is 231 g/mol. The molecule has 0 aliphatic rings. The van der Waals surface area contributed by atoms with Gasteiger partial charge in [-0.3, -0.25) is 0 Å². The van der Waals surface area contributed by atoms with Crippen LogP contribution in [0.3, 0.4) is 0 Å². The lowest BCUT2D eigenvalue weighted by molar-refractivity contribution is 0.597. The maximum Gasteiger partial charge on any atom is 0.181 e. The summed E-state index contributed by atoms with van der Waals surface area (Å²) in [4.78, 5) is -0.633. The smallest absolute Gasteiger partial charge is 0.181 e. The molecule has 13 heavy (non-hydrogen) atoms. The van der Waals surface area contributed by atoms with Crippen LogP contribution in [0.2, 0.25) is 0 Å². The lowest BCUT2D eigenvalue weighted by Crippen LogP contribution is -2.12. The Labute approximate surface area is 87.4 Å². The first-order chi connectivity index (χ1) is 6.02. The highest BCUT2D eigenvalue weighted by Gasteiger charge is 2.17. The average molecular weight is 239 g/mol. The summed E-state index contributed by atoms with van der Waals surface area (Å²) in [6, 6.07) is 8.10. The number of halogens is 2. The number of benzene rings is 1. The van der Waals surface area contributed by atoms with Gasteiger partial charge in [-0.25, -0.2) is 8.42 Å². The van der Waals surface area contributed by atoms with E-state index in [0.717, 1.165) is 0 Å². The zero-order valence-corrected chi connectivity index (χ0v) is 8.98. The highest BCUT2D eigenvalue weighted by molar-refractivity contribution is 7.91. The second-order valence-corrected chi connectivity index (χ2v) is 5.80. The highest BCUT2D eigenvalue weighted by atomic mass is 35.5. The fourth-order valence-electron chi connectivity index (χ4n) is 0.890. The molecule has 0 N–H and O–H groups in total. The van der Waals surface area contributed by atoms with E-state index in [0.29, 0.717) is 0 Å². The summed E-state index contributed by atoms with van der Waals surface area (Å²) in [5, 5.41) is 0. The summed E-state index contributed by atoms with van der Waals surface area (Å²) in [5.74, 6) is -0.250. The molecule has 2 nitrogen and oxygen atoms in total. The SMILES string of the molecule is O=S(=O)(CC(Cl)Cl)c1ccccc1. The molecule has 0 saturated carbocycles. The lowest BCUT2D eigenvalue weighted by atomic mass is 10.4. The molecule has 0 heterocycles. The predicted octanol–water partition coefficient (Wildman–Crippen LogP) is 2.26. The fraction of sp³-hybridized carbons (Fsp3) is 0.250. The Hall–Kier alpha value is -0.250. The van der Waals surface area contributed by atoms with Crippen LogP contribution in [0.5, 0.6) is 0 Å². The topological polar surface area (TPSA) is 34.1 Å². The van der Waals surface area contributed by atoms with E-state index >= 15 is 0 Å². The normalized spacial score (nSPS) is 11.9. The van der Waals surface area contributed by atoms with Crippen LogP contribution in [0.15, 0.2) is 35.2 Å². The van der Waals surface area contributed by atoms with Crippen molar-refractivity contribution in [3.8, 4) is 0 Å². The zero-order valence-electron chi connectivity index (χ0n) is 6.65. The third kappa shape index (κ3) is 3.18. The van der Waals surface area contributed by atoms with Crippen LogP contribution in [0.4, 0.5) is 0 Å². The molecule has 5 heteroatoms. The Morgan fingerprint density at radius 1 is 1.15 bits per heavy atom. The molecule has 0 aliphatic heterocycles. The number of rotatable bonds is 3. The summed E-state index contributed by atoms with van der Waals surface area (Å²) in [6.45, 7) is 0. The van der Waals surface area contributed by atoms with E-state index in [4.69, 9.17) is 23.2 Å². The van der Waals surface area contributed by atoms with E-state index in [1.165, 1.54) is 12.1 Å². The van der Waals surface area contributed by atoms with Crippen LogP contribution in [-0.2, 0) is 9.84 Å². The van der Waals surface area contributed by atoms with Crippen molar-refractivity contribution in [2.75, 3.05) is 5.75 Å². The lowest BCUT2D eigenvalue weighted by Gasteiger charge is -2.03. The number of hydrogen-bond acceptors (Lipinski definition) is 2. The van der Waals surface area contributed by atoms with Crippen LogP contribution < -0.4 is 0 Å². The minimum absolute atomic E-state index is 0.250. The number of alkyl halides is 2. The van der Waals surface area contributed by atoms with Crippen molar-refractivity contribution in [1.82, 2.24) is 0 Å². The molecule has 0 radical (unpaired) electrons. The summed E-state index contributed by atoms with van der Waals surface area (Å²) >= 11 is 10.8. The molecular formula is C8H8Cl2O2S. The van der Waals surface area contributed by atoms with Gasteiger partial charge in [-0.2, -0.15) is 0 Å². The minimum Gasteiger partial charge on any atom is -0.224 e. The maximum atomic E-state index is 11.5. The van der Waals surface area contributed by atoms with Gasteiger partial charge in [0.05, 0.1) is 10.6 Å². The van der Waals surface area contributed by atoms with Crippen molar-refractivity contribution in [2.24, 2.45) is 0 Å². The molecule has 0 spiro atoms. The van der Waals surface area contributed by atoms with Crippen LogP contribution in [0, 0.1) is 0 Å². The minimum atomic E-state index is -3.32. The first-order valence-electron chi connectivity index (χ1n) is 3.58. The molecule has 0 saturated heterocycles. The number of hydrogen-bond donors (Lipinski definition) is 0. The Morgan fingerprint density at radius 3 is 2.15 bits per heavy atom. The van der Waals surface area contributed by atoms with Gasteiger partial charge in [-0.05, 0) is 12.1 Å². The quantitative estimate of drug-likeness (QED) is 0.758. The van der Waals surface area contributed by atoms with Gasteiger partial charge in [-0.15, -0.1) is 23.2 Å². The fourth-order valence-corrected chi connectivity index (χ4v) is 2.98. The average Bonchev–Trinajstić information content (AvgIpc) is 2.04. The van der Waals surface area contributed by atoms with E-state index < -0.39 is 14.7 Å². The van der Waals surface area contributed by atoms with Crippen molar-refractivity contribution in [1.29, 1.82) is 0 Å². The van der Waals surface area contributed by atoms with Gasteiger partial charge >= 0.3 is 0 Å². The second kappa shape index (κ2) is 4.31. The van der Waals surface area contributed by atoms with E-state index in [1.54, 1.807) is 18.2 Å². The van der Waals surface area contributed by atoms with E-state index in [2.05, 4.69) is 0 Å². The first kappa shape index (κ1) is 10.8. The van der Waals surface area contributed by atoms with Gasteiger partial charge in [0, 0.05) is 0 Å². The van der Waals surface area contributed by atoms with Crippen molar-refractivity contribution >= 4 is 33.0 Å². The molecule has 0 amide bonds.